The SMILES string of the molecule is CN1CCN(C2CCC(N/C=C3\C(=O)NC(=O)c4ccc(I)cc43)CC2)CC1. The summed E-state index contributed by atoms with van der Waals surface area (Å²) in [4.78, 5) is 29.5. The molecule has 6 nitrogen and oxygen atoms in total. The van der Waals surface area contributed by atoms with Gasteiger partial charge in [-0.1, -0.05) is 0 Å². The van der Waals surface area contributed by atoms with E-state index in [1.54, 1.807) is 6.07 Å². The highest BCUT2D eigenvalue weighted by Gasteiger charge is 2.29. The number of rotatable bonds is 3. The number of carbonyl (C=O) groups is 2. The van der Waals surface area contributed by atoms with Crippen LogP contribution < -0.4 is 10.6 Å². The second-order valence-electron chi connectivity index (χ2n) is 8.04. The number of halogens is 1. The zero-order chi connectivity index (χ0) is 19.7. The fraction of sp³-hybridized carbons (Fsp3) is 0.524. The summed E-state index contributed by atoms with van der Waals surface area (Å²) in [5, 5.41) is 5.91. The van der Waals surface area contributed by atoms with Gasteiger partial charge in [-0.3, -0.25) is 19.8 Å². The summed E-state index contributed by atoms with van der Waals surface area (Å²) in [5.41, 5.74) is 1.83. The van der Waals surface area contributed by atoms with Gasteiger partial charge in [0.1, 0.15) is 0 Å². The molecule has 1 aliphatic carbocycles. The molecule has 7 heteroatoms. The standard InChI is InChI=1S/C21H27IN4O2/c1-25-8-10-26(11-9-25)16-5-3-15(4-6-16)23-13-19-18-12-14(22)2-7-17(18)20(27)24-21(19)28/h2,7,12-13,15-16,23H,3-6,8-11H2,1H3,(H,24,27,28)/b19-13-. The molecule has 28 heavy (non-hydrogen) atoms. The molecule has 2 fully saturated rings. The molecule has 0 atom stereocenters. The summed E-state index contributed by atoms with van der Waals surface area (Å²) >= 11 is 2.21. The number of amides is 2. The maximum absolute atomic E-state index is 12.4. The second-order valence-corrected chi connectivity index (χ2v) is 9.29. The van der Waals surface area contributed by atoms with Gasteiger partial charge in [0.15, 0.2) is 0 Å². The predicted molar refractivity (Wildman–Crippen MR) is 118 cm³/mol. The smallest absolute Gasteiger partial charge is 0.260 e. The zero-order valence-electron chi connectivity index (χ0n) is 16.2. The maximum atomic E-state index is 12.4. The Morgan fingerprint density at radius 1 is 1.04 bits per heavy atom. The van der Waals surface area contributed by atoms with Crippen molar-refractivity contribution in [2.75, 3.05) is 33.2 Å². The fourth-order valence-corrected chi connectivity index (χ4v) is 4.93. The van der Waals surface area contributed by atoms with Gasteiger partial charge in [0.25, 0.3) is 11.8 Å². The largest absolute Gasteiger partial charge is 0.388 e. The lowest BCUT2D eigenvalue weighted by atomic mass is 9.89. The van der Waals surface area contributed by atoms with Crippen LogP contribution in [0.2, 0.25) is 0 Å². The van der Waals surface area contributed by atoms with Crippen molar-refractivity contribution in [1.29, 1.82) is 0 Å². The Kier molecular flexibility index (Phi) is 6.03. The highest BCUT2D eigenvalue weighted by Crippen LogP contribution is 2.27. The monoisotopic (exact) mass is 494 g/mol. The number of nitrogens with zero attached hydrogens (tertiary/aromatic N) is 2. The van der Waals surface area contributed by atoms with Crippen molar-refractivity contribution in [3.05, 3.63) is 39.1 Å². The van der Waals surface area contributed by atoms with Crippen LogP contribution in [-0.4, -0.2) is 66.9 Å². The Bertz CT molecular complexity index is 794. The zero-order valence-corrected chi connectivity index (χ0v) is 18.4. The highest BCUT2D eigenvalue weighted by molar-refractivity contribution is 14.1. The first-order valence-corrected chi connectivity index (χ1v) is 11.1. The first-order chi connectivity index (χ1) is 13.5. The molecule has 2 N–H and O–H groups in total. The third-order valence-corrected chi connectivity index (χ3v) is 6.87. The number of piperazine rings is 1. The topological polar surface area (TPSA) is 64.7 Å². The summed E-state index contributed by atoms with van der Waals surface area (Å²) in [6, 6.07) is 6.66. The van der Waals surface area contributed by atoms with E-state index < -0.39 is 0 Å². The Hall–Kier alpha value is -1.45. The minimum Gasteiger partial charge on any atom is -0.388 e. The maximum Gasteiger partial charge on any atom is 0.260 e. The van der Waals surface area contributed by atoms with Gasteiger partial charge in [-0.05, 0) is 73.5 Å². The van der Waals surface area contributed by atoms with Gasteiger partial charge < -0.3 is 10.2 Å². The first kappa shape index (κ1) is 19.8. The van der Waals surface area contributed by atoms with Gasteiger partial charge in [0, 0.05) is 59.2 Å². The van der Waals surface area contributed by atoms with Crippen LogP contribution in [0.3, 0.4) is 0 Å². The van der Waals surface area contributed by atoms with Crippen molar-refractivity contribution in [3.8, 4) is 0 Å². The number of imide groups is 1. The minimum atomic E-state index is -0.321. The van der Waals surface area contributed by atoms with E-state index in [1.807, 2.05) is 18.3 Å². The van der Waals surface area contributed by atoms with Crippen molar-refractivity contribution in [2.24, 2.45) is 0 Å². The molecule has 1 saturated carbocycles. The van der Waals surface area contributed by atoms with Gasteiger partial charge in [-0.25, -0.2) is 0 Å². The van der Waals surface area contributed by atoms with Gasteiger partial charge in [-0.2, -0.15) is 0 Å². The van der Waals surface area contributed by atoms with Crippen molar-refractivity contribution in [1.82, 2.24) is 20.4 Å². The van der Waals surface area contributed by atoms with Crippen molar-refractivity contribution >= 4 is 40.0 Å². The van der Waals surface area contributed by atoms with E-state index in [1.165, 1.54) is 25.9 Å². The number of fused-ring (bicyclic) bond motifs is 1. The lowest BCUT2D eigenvalue weighted by Gasteiger charge is -2.41. The van der Waals surface area contributed by atoms with Crippen LogP contribution >= 0.6 is 22.6 Å². The van der Waals surface area contributed by atoms with Gasteiger partial charge in [-0.15, -0.1) is 0 Å². The Balaban J connectivity index is 1.39. The molecule has 3 aliphatic rings. The molecule has 0 bridgehead atoms. The van der Waals surface area contributed by atoms with Crippen molar-refractivity contribution in [3.63, 3.8) is 0 Å². The molecule has 1 saturated heterocycles. The normalized spacial score (nSPS) is 28.1. The number of nitrogens with one attached hydrogen (secondary N) is 2. The molecule has 0 aromatic heterocycles. The van der Waals surface area contributed by atoms with Crippen LogP contribution in [0, 0.1) is 3.57 Å². The minimum absolute atomic E-state index is 0.318. The van der Waals surface area contributed by atoms with Crippen molar-refractivity contribution in [2.45, 2.75) is 37.8 Å². The van der Waals surface area contributed by atoms with Crippen LogP contribution in [0.15, 0.2) is 24.4 Å². The van der Waals surface area contributed by atoms with Crippen LogP contribution in [-0.2, 0) is 4.79 Å². The number of carbonyl (C=O) groups excluding carboxylic acids is 2. The summed E-state index contributed by atoms with van der Waals surface area (Å²) in [6.45, 7) is 4.67. The molecule has 2 aliphatic heterocycles. The third kappa shape index (κ3) is 4.26. The fourth-order valence-electron chi connectivity index (χ4n) is 4.44. The Morgan fingerprint density at radius 3 is 2.46 bits per heavy atom. The number of benzene rings is 1. The average Bonchev–Trinajstić information content (AvgIpc) is 2.68. The molecule has 0 radical (unpaired) electrons. The van der Waals surface area contributed by atoms with Gasteiger partial charge >= 0.3 is 0 Å². The predicted octanol–water partition coefficient (Wildman–Crippen LogP) is 2.05. The summed E-state index contributed by atoms with van der Waals surface area (Å²) in [7, 11) is 2.19. The molecule has 1 aromatic rings. The molecular weight excluding hydrogens is 467 g/mol. The summed E-state index contributed by atoms with van der Waals surface area (Å²) < 4.78 is 1.01. The number of hydrogen-bond acceptors (Lipinski definition) is 5. The Morgan fingerprint density at radius 2 is 1.75 bits per heavy atom. The quantitative estimate of drug-likeness (QED) is 0.383. The third-order valence-electron chi connectivity index (χ3n) is 6.20. The van der Waals surface area contributed by atoms with E-state index >= 15 is 0 Å². The van der Waals surface area contributed by atoms with E-state index in [0.717, 1.165) is 35.1 Å². The molecular formula is C21H27IN4O2. The lowest BCUT2D eigenvalue weighted by molar-refractivity contribution is -0.114. The molecule has 0 unspecified atom stereocenters. The molecule has 0 spiro atoms. The number of likely N-dealkylation sites (N-methyl/N-ethyl adjacent to an activating group) is 1. The van der Waals surface area contributed by atoms with E-state index in [-0.39, 0.29) is 11.8 Å². The average molecular weight is 494 g/mol. The van der Waals surface area contributed by atoms with Crippen LogP contribution in [0.25, 0.3) is 5.57 Å². The first-order valence-electron chi connectivity index (χ1n) is 10.1. The molecule has 150 valence electrons. The van der Waals surface area contributed by atoms with E-state index in [2.05, 4.69) is 50.1 Å². The molecule has 4 rings (SSSR count). The molecule has 1 aromatic carbocycles. The van der Waals surface area contributed by atoms with E-state index in [9.17, 15) is 9.59 Å². The highest BCUT2D eigenvalue weighted by atomic mass is 127. The van der Waals surface area contributed by atoms with E-state index in [4.69, 9.17) is 0 Å². The van der Waals surface area contributed by atoms with Crippen LogP contribution in [0.4, 0.5) is 0 Å². The van der Waals surface area contributed by atoms with Crippen LogP contribution in [0.1, 0.15) is 41.6 Å². The van der Waals surface area contributed by atoms with E-state index in [0.29, 0.717) is 23.2 Å². The second kappa shape index (κ2) is 8.51. The summed E-state index contributed by atoms with van der Waals surface area (Å²) in [6.07, 6.45) is 6.44. The molecule has 2 amide bonds. The lowest BCUT2D eigenvalue weighted by Crippen LogP contribution is -2.50. The molecule has 2 heterocycles. The van der Waals surface area contributed by atoms with Crippen molar-refractivity contribution < 1.29 is 9.59 Å². The number of hydrogen-bond donors (Lipinski definition) is 2. The van der Waals surface area contributed by atoms with Gasteiger partial charge in [0.2, 0.25) is 0 Å². The Labute approximate surface area is 179 Å². The summed E-state index contributed by atoms with van der Waals surface area (Å²) in [5.74, 6) is -0.639. The van der Waals surface area contributed by atoms with Gasteiger partial charge in [0.05, 0.1) is 5.57 Å². The van der Waals surface area contributed by atoms with Crippen LogP contribution in [0.5, 0.6) is 0 Å².